The highest BCUT2D eigenvalue weighted by Crippen LogP contribution is 2.30. The lowest BCUT2D eigenvalue weighted by atomic mass is 10.1. The molecule has 3 N–H and O–H groups in total. The topological polar surface area (TPSA) is 90.5 Å². The van der Waals surface area contributed by atoms with Crippen molar-refractivity contribution in [2.75, 3.05) is 43.7 Å². The quantitative estimate of drug-likeness (QED) is 0.354. The Kier molecular flexibility index (Phi) is 7.42. The Morgan fingerprint density at radius 3 is 2.42 bits per heavy atom. The molecule has 7 nitrogen and oxygen atoms in total. The molecule has 164 valence electrons. The van der Waals surface area contributed by atoms with E-state index in [9.17, 15) is 13.2 Å². The molecule has 0 aromatic heterocycles. The molecule has 0 heterocycles. The maximum absolute atomic E-state index is 12.9. The summed E-state index contributed by atoms with van der Waals surface area (Å²) in [5.41, 5.74) is 1.62. The summed E-state index contributed by atoms with van der Waals surface area (Å²) in [5.74, 6) is 0. The maximum Gasteiger partial charge on any atom is 0.319 e. The fourth-order valence-corrected chi connectivity index (χ4v) is 4.92. The predicted molar refractivity (Wildman–Crippen MR) is 129 cm³/mol. The van der Waals surface area contributed by atoms with Gasteiger partial charge in [-0.15, -0.1) is 11.8 Å². The summed E-state index contributed by atoms with van der Waals surface area (Å²) in [6.07, 6.45) is 1.96. The van der Waals surface area contributed by atoms with Gasteiger partial charge in [-0.2, -0.15) is 0 Å². The Labute approximate surface area is 187 Å². The number of thioether (sulfide) groups is 1. The third-order valence-corrected chi connectivity index (χ3v) is 6.91. The lowest BCUT2D eigenvalue weighted by Crippen LogP contribution is -2.36. The van der Waals surface area contributed by atoms with E-state index < -0.39 is 16.1 Å². The van der Waals surface area contributed by atoms with Crippen molar-refractivity contribution in [3.05, 3.63) is 60.7 Å². The van der Waals surface area contributed by atoms with Gasteiger partial charge in [0.2, 0.25) is 10.0 Å². The standard InChI is InChI=1S/C22H26N4O3S2/c1-26(2)20-11-5-10-19-18(20)9-6-12-21(19)31(28,29)24-14-13-23-22(27)25-16-7-4-8-17(15-16)30-3/h4-12,15,24H,13-14H2,1-3H3,(H2,23,25,27). The SMILES string of the molecule is CSc1cccc(NC(=O)NCCNS(=O)(=O)c2cccc3c(N(C)C)cccc23)c1. The molecular formula is C22H26N4O3S2. The summed E-state index contributed by atoms with van der Waals surface area (Å²) >= 11 is 1.58. The van der Waals surface area contributed by atoms with E-state index in [1.54, 1.807) is 36.0 Å². The van der Waals surface area contributed by atoms with Gasteiger partial charge in [0.1, 0.15) is 0 Å². The number of urea groups is 1. The molecule has 31 heavy (non-hydrogen) atoms. The highest BCUT2D eigenvalue weighted by atomic mass is 32.2. The number of sulfonamides is 1. The molecule has 0 saturated carbocycles. The zero-order chi connectivity index (χ0) is 22.4. The van der Waals surface area contributed by atoms with Crippen LogP contribution < -0.4 is 20.3 Å². The van der Waals surface area contributed by atoms with Crippen molar-refractivity contribution in [3.8, 4) is 0 Å². The van der Waals surface area contributed by atoms with Crippen molar-refractivity contribution in [1.29, 1.82) is 0 Å². The zero-order valence-corrected chi connectivity index (χ0v) is 19.3. The van der Waals surface area contributed by atoms with E-state index in [1.165, 1.54) is 0 Å². The van der Waals surface area contributed by atoms with Gasteiger partial charge < -0.3 is 15.5 Å². The number of fused-ring (bicyclic) bond motifs is 1. The Bertz CT molecular complexity index is 1180. The van der Waals surface area contributed by atoms with Crippen LogP contribution in [0.4, 0.5) is 16.2 Å². The van der Waals surface area contributed by atoms with Crippen molar-refractivity contribution in [2.45, 2.75) is 9.79 Å². The summed E-state index contributed by atoms with van der Waals surface area (Å²) in [6.45, 7) is 0.228. The minimum atomic E-state index is -3.74. The van der Waals surface area contributed by atoms with Crippen LogP contribution in [0.1, 0.15) is 0 Å². The Morgan fingerprint density at radius 2 is 1.68 bits per heavy atom. The van der Waals surface area contributed by atoms with Crippen LogP contribution in [0, 0.1) is 0 Å². The zero-order valence-electron chi connectivity index (χ0n) is 17.7. The van der Waals surface area contributed by atoms with Crippen LogP contribution in [0.2, 0.25) is 0 Å². The van der Waals surface area contributed by atoms with Gasteiger partial charge in [0, 0.05) is 54.2 Å². The fraction of sp³-hybridized carbons (Fsp3) is 0.227. The molecule has 9 heteroatoms. The molecular weight excluding hydrogens is 432 g/mol. The second-order valence-corrected chi connectivity index (χ2v) is 9.65. The lowest BCUT2D eigenvalue weighted by molar-refractivity contribution is 0.252. The van der Waals surface area contributed by atoms with Gasteiger partial charge in [-0.05, 0) is 36.6 Å². The van der Waals surface area contributed by atoms with E-state index in [0.717, 1.165) is 16.0 Å². The third kappa shape index (κ3) is 5.69. The Hall–Kier alpha value is -2.75. The van der Waals surface area contributed by atoms with Gasteiger partial charge >= 0.3 is 6.03 Å². The predicted octanol–water partition coefficient (Wildman–Crippen LogP) is 3.73. The third-order valence-electron chi connectivity index (χ3n) is 4.66. The van der Waals surface area contributed by atoms with Crippen LogP contribution >= 0.6 is 11.8 Å². The Morgan fingerprint density at radius 1 is 0.968 bits per heavy atom. The summed E-state index contributed by atoms with van der Waals surface area (Å²) in [4.78, 5) is 15.3. The molecule has 3 aromatic carbocycles. The Balaban J connectivity index is 1.62. The molecule has 2 amide bonds. The molecule has 0 aliphatic rings. The number of nitrogens with zero attached hydrogens (tertiary/aromatic N) is 1. The van der Waals surface area contributed by atoms with Gasteiger partial charge in [0.15, 0.2) is 0 Å². The van der Waals surface area contributed by atoms with Crippen LogP contribution in [0.25, 0.3) is 10.8 Å². The number of anilines is 2. The average Bonchev–Trinajstić information content (AvgIpc) is 2.76. The second-order valence-electron chi connectivity index (χ2n) is 7.03. The van der Waals surface area contributed by atoms with E-state index in [0.29, 0.717) is 11.1 Å². The molecule has 0 aliphatic heterocycles. The smallest absolute Gasteiger partial charge is 0.319 e. The molecule has 0 spiro atoms. The number of carbonyl (C=O) groups is 1. The molecule has 0 atom stereocenters. The van der Waals surface area contributed by atoms with E-state index in [1.807, 2.05) is 61.6 Å². The molecule has 0 radical (unpaired) electrons. The molecule has 0 unspecified atom stereocenters. The summed E-state index contributed by atoms with van der Waals surface area (Å²) in [7, 11) is 0.0996. The van der Waals surface area contributed by atoms with Crippen LogP contribution in [0.3, 0.4) is 0 Å². The molecule has 0 saturated heterocycles. The lowest BCUT2D eigenvalue weighted by Gasteiger charge is -2.17. The number of nitrogens with one attached hydrogen (secondary N) is 3. The first kappa shape index (κ1) is 22.9. The molecule has 0 fully saturated rings. The van der Waals surface area contributed by atoms with Crippen LogP contribution in [0.5, 0.6) is 0 Å². The van der Waals surface area contributed by atoms with Gasteiger partial charge in [-0.3, -0.25) is 0 Å². The number of rotatable bonds is 8. The minimum absolute atomic E-state index is 0.0738. The van der Waals surface area contributed by atoms with Crippen LogP contribution in [-0.4, -0.2) is 47.9 Å². The van der Waals surface area contributed by atoms with Crippen molar-refractivity contribution in [2.24, 2.45) is 0 Å². The summed E-state index contributed by atoms with van der Waals surface area (Å²) < 4.78 is 28.3. The number of hydrogen-bond acceptors (Lipinski definition) is 5. The molecule has 0 aliphatic carbocycles. The van der Waals surface area contributed by atoms with E-state index >= 15 is 0 Å². The first-order chi connectivity index (χ1) is 14.8. The maximum atomic E-state index is 12.9. The number of carbonyl (C=O) groups excluding carboxylic acids is 1. The average molecular weight is 459 g/mol. The number of amides is 2. The monoisotopic (exact) mass is 458 g/mol. The van der Waals surface area contributed by atoms with Gasteiger partial charge in [0.25, 0.3) is 0 Å². The van der Waals surface area contributed by atoms with Crippen molar-refractivity contribution >= 4 is 50.0 Å². The van der Waals surface area contributed by atoms with Crippen molar-refractivity contribution in [3.63, 3.8) is 0 Å². The number of benzene rings is 3. The van der Waals surface area contributed by atoms with Crippen molar-refractivity contribution < 1.29 is 13.2 Å². The fourth-order valence-electron chi connectivity index (χ4n) is 3.20. The van der Waals surface area contributed by atoms with E-state index in [-0.39, 0.29) is 18.0 Å². The highest BCUT2D eigenvalue weighted by molar-refractivity contribution is 7.98. The molecule has 0 bridgehead atoms. The normalized spacial score (nSPS) is 11.3. The number of hydrogen-bond donors (Lipinski definition) is 3. The minimum Gasteiger partial charge on any atom is -0.377 e. The van der Waals surface area contributed by atoms with E-state index in [4.69, 9.17) is 0 Å². The van der Waals surface area contributed by atoms with Crippen LogP contribution in [0.15, 0.2) is 70.5 Å². The second kappa shape index (κ2) is 10.0. The van der Waals surface area contributed by atoms with Crippen LogP contribution in [-0.2, 0) is 10.0 Å². The highest BCUT2D eigenvalue weighted by Gasteiger charge is 2.18. The molecule has 3 rings (SSSR count). The largest absolute Gasteiger partial charge is 0.377 e. The summed E-state index contributed by atoms with van der Waals surface area (Å²) in [5, 5.41) is 6.92. The van der Waals surface area contributed by atoms with E-state index in [2.05, 4.69) is 15.4 Å². The van der Waals surface area contributed by atoms with Gasteiger partial charge in [0.05, 0.1) is 4.90 Å². The van der Waals surface area contributed by atoms with Gasteiger partial charge in [-0.25, -0.2) is 17.9 Å². The van der Waals surface area contributed by atoms with Crippen molar-refractivity contribution in [1.82, 2.24) is 10.0 Å². The summed E-state index contributed by atoms with van der Waals surface area (Å²) in [6, 6.07) is 17.9. The molecule has 3 aromatic rings. The first-order valence-corrected chi connectivity index (χ1v) is 12.4. The first-order valence-electron chi connectivity index (χ1n) is 9.69. The van der Waals surface area contributed by atoms with Gasteiger partial charge in [-0.1, -0.05) is 30.3 Å².